The van der Waals surface area contributed by atoms with Gasteiger partial charge >= 0.3 is 5.97 Å². The lowest BCUT2D eigenvalue weighted by Gasteiger charge is -2.24. The predicted octanol–water partition coefficient (Wildman–Crippen LogP) is -0.748. The first-order valence-electron chi connectivity index (χ1n) is 10.9. The molecule has 2 aromatic rings. The van der Waals surface area contributed by atoms with Gasteiger partial charge in [-0.15, -0.1) is 0 Å². The number of aliphatic hydroxyl groups excluding tert-OH is 1. The topological polar surface area (TPSA) is 187 Å². The zero-order chi connectivity index (χ0) is 26.0. The molecule has 0 radical (unpaired) electrons. The first-order chi connectivity index (χ1) is 16.7. The molecule has 8 N–H and O–H groups in total. The number of nitrogens with two attached hydrogens (primary N) is 1. The van der Waals surface area contributed by atoms with Crippen molar-refractivity contribution in [2.45, 2.75) is 37.0 Å². The van der Waals surface area contributed by atoms with Gasteiger partial charge < -0.3 is 36.9 Å². The Kier molecular flexibility index (Phi) is 11.4. The Labute approximate surface area is 212 Å². The monoisotopic (exact) mass is 525 g/mol. The Bertz CT molecular complexity index is 1030. The molecule has 35 heavy (non-hydrogen) atoms. The molecule has 4 unspecified atom stereocenters. The summed E-state index contributed by atoms with van der Waals surface area (Å²) in [6.07, 6.45) is 4.04. The van der Waals surface area contributed by atoms with Gasteiger partial charge in [0.25, 0.3) is 0 Å². The molecule has 0 bridgehead atoms. The molecule has 2 rings (SSSR count). The van der Waals surface area contributed by atoms with Crippen molar-refractivity contribution >= 4 is 59.0 Å². The molecule has 0 aliphatic carbocycles. The van der Waals surface area contributed by atoms with Gasteiger partial charge in [0, 0.05) is 29.3 Å². The van der Waals surface area contributed by atoms with E-state index >= 15 is 0 Å². The second-order valence-electron chi connectivity index (χ2n) is 7.84. The maximum absolute atomic E-state index is 13.0. The number of hydrogen-bond acceptors (Lipinski definition) is 8. The van der Waals surface area contributed by atoms with Crippen LogP contribution in [0.3, 0.4) is 0 Å². The summed E-state index contributed by atoms with van der Waals surface area (Å²) >= 11 is 5.68. The van der Waals surface area contributed by atoms with Crippen LogP contribution in [0.1, 0.15) is 12.0 Å². The standard InChI is InChI=1S/C22H31N5O6S2/c1-35-7-6-14(23)19(29)27-18(11-34)21(31)25-16(20(30)26-17(10-28)22(32)33)8-12-9-24-15-5-3-2-4-13(12)15/h2-5,9,14,16-18,24,28,34H,6-8,10-11,23H2,1H3,(H,25,31)(H,26,30)(H,27,29)(H,32,33). The van der Waals surface area contributed by atoms with E-state index in [4.69, 9.17) is 5.73 Å². The lowest BCUT2D eigenvalue weighted by atomic mass is 10.0. The van der Waals surface area contributed by atoms with Crippen LogP contribution in [0.15, 0.2) is 30.5 Å². The van der Waals surface area contributed by atoms with Crippen molar-refractivity contribution in [3.63, 3.8) is 0 Å². The van der Waals surface area contributed by atoms with Crippen LogP contribution in [0.2, 0.25) is 0 Å². The van der Waals surface area contributed by atoms with Crippen LogP contribution in [0.25, 0.3) is 10.9 Å². The number of aromatic nitrogens is 1. The summed E-state index contributed by atoms with van der Waals surface area (Å²) in [6, 6.07) is 2.76. The van der Waals surface area contributed by atoms with Crippen LogP contribution in [0.4, 0.5) is 0 Å². The number of thiol groups is 1. The highest BCUT2D eigenvalue weighted by Crippen LogP contribution is 2.19. The highest BCUT2D eigenvalue weighted by atomic mass is 32.2. The second-order valence-corrected chi connectivity index (χ2v) is 9.19. The van der Waals surface area contributed by atoms with Crippen molar-refractivity contribution < 1.29 is 29.4 Å². The summed E-state index contributed by atoms with van der Waals surface area (Å²) in [5.41, 5.74) is 7.40. The van der Waals surface area contributed by atoms with Crippen molar-refractivity contribution in [1.82, 2.24) is 20.9 Å². The highest BCUT2D eigenvalue weighted by molar-refractivity contribution is 7.98. The zero-order valence-corrected chi connectivity index (χ0v) is 20.9. The fourth-order valence-electron chi connectivity index (χ4n) is 3.31. The Morgan fingerprint density at radius 2 is 1.69 bits per heavy atom. The zero-order valence-electron chi connectivity index (χ0n) is 19.2. The number of carboxylic acids is 1. The molecule has 192 valence electrons. The number of amides is 3. The van der Waals surface area contributed by atoms with Gasteiger partial charge in [0.05, 0.1) is 12.6 Å². The minimum absolute atomic E-state index is 0.0276. The van der Waals surface area contributed by atoms with Crippen molar-refractivity contribution in [2.75, 3.05) is 24.4 Å². The fourth-order valence-corrected chi connectivity index (χ4v) is 4.06. The first kappa shape index (κ1) is 28.5. The largest absolute Gasteiger partial charge is 0.480 e. The summed E-state index contributed by atoms with van der Waals surface area (Å²) in [5.74, 6) is -2.79. The molecule has 0 spiro atoms. The average Bonchev–Trinajstić information content (AvgIpc) is 3.25. The lowest BCUT2D eigenvalue weighted by Crippen LogP contribution is -2.58. The molecule has 4 atom stereocenters. The van der Waals surface area contributed by atoms with Crippen LogP contribution in [0, 0.1) is 0 Å². The first-order valence-corrected chi connectivity index (χ1v) is 12.9. The number of carbonyl (C=O) groups is 4. The molecule has 0 aliphatic heterocycles. The summed E-state index contributed by atoms with van der Waals surface area (Å²) in [5, 5.41) is 26.7. The average molecular weight is 526 g/mol. The summed E-state index contributed by atoms with van der Waals surface area (Å²) < 4.78 is 0. The number of rotatable bonds is 14. The van der Waals surface area contributed by atoms with Gasteiger partial charge in [0.2, 0.25) is 17.7 Å². The number of aliphatic hydroxyl groups is 1. The fraction of sp³-hybridized carbons (Fsp3) is 0.455. The molecule has 0 fully saturated rings. The smallest absolute Gasteiger partial charge is 0.328 e. The van der Waals surface area contributed by atoms with Gasteiger partial charge in [-0.1, -0.05) is 18.2 Å². The third-order valence-corrected chi connectivity index (χ3v) is 6.32. The predicted molar refractivity (Wildman–Crippen MR) is 137 cm³/mol. The molecular weight excluding hydrogens is 494 g/mol. The number of H-pyrrole nitrogens is 1. The number of fused-ring (bicyclic) bond motifs is 1. The number of benzene rings is 1. The third kappa shape index (κ3) is 8.16. The number of aromatic amines is 1. The maximum atomic E-state index is 13.0. The van der Waals surface area contributed by atoms with Gasteiger partial charge in [-0.05, 0) is 30.1 Å². The van der Waals surface area contributed by atoms with Gasteiger partial charge in [-0.3, -0.25) is 14.4 Å². The summed E-state index contributed by atoms with van der Waals surface area (Å²) in [6.45, 7) is -0.821. The van der Waals surface area contributed by atoms with Crippen LogP contribution >= 0.6 is 24.4 Å². The Balaban J connectivity index is 2.21. The second kappa shape index (κ2) is 14.0. The number of para-hydroxylation sites is 1. The van der Waals surface area contributed by atoms with E-state index in [2.05, 4.69) is 33.6 Å². The Morgan fingerprint density at radius 3 is 2.31 bits per heavy atom. The molecule has 1 aromatic heterocycles. The number of nitrogens with one attached hydrogen (secondary N) is 4. The normalized spacial score (nSPS) is 14.5. The number of carboxylic acid groups (broad SMARTS) is 1. The molecule has 0 saturated heterocycles. The molecule has 11 nitrogen and oxygen atoms in total. The van der Waals surface area contributed by atoms with Crippen molar-refractivity contribution in [1.29, 1.82) is 0 Å². The van der Waals surface area contributed by atoms with E-state index < -0.39 is 54.5 Å². The summed E-state index contributed by atoms with van der Waals surface area (Å²) in [7, 11) is 0. The molecular formula is C22H31N5O6S2. The Hall–Kier alpha value is -2.74. The van der Waals surface area contributed by atoms with Crippen molar-refractivity contribution in [2.24, 2.45) is 5.73 Å². The van der Waals surface area contributed by atoms with E-state index in [0.717, 1.165) is 10.9 Å². The highest BCUT2D eigenvalue weighted by Gasteiger charge is 2.30. The van der Waals surface area contributed by atoms with Gasteiger partial charge in [-0.25, -0.2) is 4.79 Å². The van der Waals surface area contributed by atoms with Gasteiger partial charge in [0.15, 0.2) is 0 Å². The minimum Gasteiger partial charge on any atom is -0.480 e. The quantitative estimate of drug-likeness (QED) is 0.148. The number of aliphatic carboxylic acids is 1. The van der Waals surface area contributed by atoms with E-state index in [1.54, 1.807) is 6.20 Å². The molecule has 3 amide bonds. The summed E-state index contributed by atoms with van der Waals surface area (Å²) in [4.78, 5) is 52.6. The maximum Gasteiger partial charge on any atom is 0.328 e. The van der Waals surface area contributed by atoms with Gasteiger partial charge in [-0.2, -0.15) is 24.4 Å². The molecule has 0 aliphatic rings. The van der Waals surface area contributed by atoms with Crippen LogP contribution < -0.4 is 21.7 Å². The van der Waals surface area contributed by atoms with Crippen molar-refractivity contribution in [3.05, 3.63) is 36.0 Å². The number of hydrogen-bond donors (Lipinski definition) is 8. The molecule has 13 heteroatoms. The SMILES string of the molecule is CSCCC(N)C(=O)NC(CS)C(=O)NC(Cc1c[nH]c2ccccc12)C(=O)NC(CO)C(=O)O. The van der Waals surface area contributed by atoms with Gasteiger partial charge in [0.1, 0.15) is 18.1 Å². The van der Waals surface area contributed by atoms with Crippen LogP contribution in [-0.2, 0) is 25.6 Å². The van der Waals surface area contributed by atoms with Crippen LogP contribution in [-0.4, -0.2) is 87.4 Å². The van der Waals surface area contributed by atoms with E-state index in [0.29, 0.717) is 17.7 Å². The molecule has 1 aromatic carbocycles. The van der Waals surface area contributed by atoms with E-state index in [1.807, 2.05) is 30.5 Å². The van der Waals surface area contributed by atoms with E-state index in [1.165, 1.54) is 11.8 Å². The van der Waals surface area contributed by atoms with Crippen LogP contribution in [0.5, 0.6) is 0 Å². The molecule has 1 heterocycles. The third-order valence-electron chi connectivity index (χ3n) is 5.31. The lowest BCUT2D eigenvalue weighted by molar-refractivity contribution is -0.143. The Morgan fingerprint density at radius 1 is 1.06 bits per heavy atom. The van der Waals surface area contributed by atoms with E-state index in [9.17, 15) is 29.4 Å². The van der Waals surface area contributed by atoms with Crippen molar-refractivity contribution in [3.8, 4) is 0 Å². The molecule has 0 saturated carbocycles. The number of thioether (sulfide) groups is 1. The number of carbonyl (C=O) groups excluding carboxylic acids is 3. The van der Waals surface area contributed by atoms with E-state index in [-0.39, 0.29) is 12.2 Å². The minimum atomic E-state index is -1.54.